The van der Waals surface area contributed by atoms with Gasteiger partial charge in [0.05, 0.1) is 18.6 Å². The van der Waals surface area contributed by atoms with Gasteiger partial charge >= 0.3 is 5.97 Å². The third kappa shape index (κ3) is 4.18. The predicted molar refractivity (Wildman–Crippen MR) is 95.6 cm³/mol. The van der Waals surface area contributed by atoms with Crippen molar-refractivity contribution < 1.29 is 19.4 Å². The molecular formula is C20H23NO4. The summed E-state index contributed by atoms with van der Waals surface area (Å²) in [6.45, 7) is 3.41. The Morgan fingerprint density at radius 1 is 1.12 bits per heavy atom. The van der Waals surface area contributed by atoms with Gasteiger partial charge in [0.15, 0.2) is 0 Å². The van der Waals surface area contributed by atoms with Crippen LogP contribution in [0, 0.1) is 0 Å². The number of nitrogens with one attached hydrogen (secondary N) is 1. The molecule has 25 heavy (non-hydrogen) atoms. The summed E-state index contributed by atoms with van der Waals surface area (Å²) >= 11 is 0. The number of ether oxygens (including phenoxy) is 1. The topological polar surface area (TPSA) is 75.6 Å². The van der Waals surface area contributed by atoms with Gasteiger partial charge < -0.3 is 15.2 Å². The van der Waals surface area contributed by atoms with Crippen molar-refractivity contribution in [3.05, 3.63) is 65.7 Å². The van der Waals surface area contributed by atoms with Crippen molar-refractivity contribution in [1.82, 2.24) is 5.32 Å². The second kappa shape index (κ2) is 7.83. The molecule has 0 radical (unpaired) electrons. The van der Waals surface area contributed by atoms with E-state index in [-0.39, 0.29) is 18.4 Å². The van der Waals surface area contributed by atoms with E-state index in [1.807, 2.05) is 37.3 Å². The van der Waals surface area contributed by atoms with E-state index in [9.17, 15) is 14.7 Å². The highest BCUT2D eigenvalue weighted by atomic mass is 16.5. The first-order valence-electron chi connectivity index (χ1n) is 8.09. The monoisotopic (exact) mass is 341 g/mol. The molecule has 0 fully saturated rings. The minimum atomic E-state index is -1.29. The summed E-state index contributed by atoms with van der Waals surface area (Å²) in [6.07, 6.45) is -0.147. The van der Waals surface area contributed by atoms with Gasteiger partial charge in [-0.1, -0.05) is 48.5 Å². The van der Waals surface area contributed by atoms with Crippen molar-refractivity contribution in [2.24, 2.45) is 0 Å². The number of methoxy groups -OCH3 is 1. The lowest BCUT2D eigenvalue weighted by molar-refractivity contribution is -0.145. The van der Waals surface area contributed by atoms with E-state index in [1.165, 1.54) is 0 Å². The molecule has 1 amide bonds. The van der Waals surface area contributed by atoms with Gasteiger partial charge in [0.25, 0.3) is 0 Å². The minimum absolute atomic E-state index is 0.147. The fourth-order valence-electron chi connectivity index (χ4n) is 2.82. The Morgan fingerprint density at radius 2 is 1.72 bits per heavy atom. The summed E-state index contributed by atoms with van der Waals surface area (Å²) in [5.41, 5.74) is 0.156. The summed E-state index contributed by atoms with van der Waals surface area (Å²) in [4.78, 5) is 24.3. The van der Waals surface area contributed by atoms with Crippen LogP contribution in [-0.2, 0) is 15.0 Å². The van der Waals surface area contributed by atoms with Gasteiger partial charge in [-0.3, -0.25) is 9.59 Å². The molecular weight excluding hydrogens is 318 g/mol. The Balaban J connectivity index is 2.16. The second-order valence-corrected chi connectivity index (χ2v) is 6.21. The molecule has 0 aliphatic rings. The second-order valence-electron chi connectivity index (χ2n) is 6.21. The number of carboxylic acids is 1. The number of aliphatic carboxylic acids is 1. The van der Waals surface area contributed by atoms with Crippen LogP contribution in [0.25, 0.3) is 0 Å². The first-order valence-corrected chi connectivity index (χ1v) is 8.09. The van der Waals surface area contributed by atoms with Gasteiger partial charge in [0.2, 0.25) is 5.91 Å². The number of rotatable bonds is 7. The molecule has 0 aliphatic carbocycles. The molecule has 0 saturated heterocycles. The first kappa shape index (κ1) is 18.5. The van der Waals surface area contributed by atoms with Crippen molar-refractivity contribution in [2.75, 3.05) is 7.11 Å². The van der Waals surface area contributed by atoms with Crippen LogP contribution in [0.2, 0.25) is 0 Å². The zero-order valence-electron chi connectivity index (χ0n) is 14.7. The molecule has 5 nitrogen and oxygen atoms in total. The van der Waals surface area contributed by atoms with Crippen LogP contribution < -0.4 is 10.1 Å². The lowest BCUT2D eigenvalue weighted by atomic mass is 9.79. The molecule has 2 atom stereocenters. The number of carbonyl (C=O) groups is 2. The summed E-state index contributed by atoms with van der Waals surface area (Å²) in [6, 6.07) is 15.9. The number of para-hydroxylation sites is 1. The van der Waals surface area contributed by atoms with Crippen LogP contribution >= 0.6 is 0 Å². The smallest absolute Gasteiger partial charge is 0.314 e. The van der Waals surface area contributed by atoms with Crippen LogP contribution in [0.1, 0.15) is 37.4 Å². The zero-order valence-corrected chi connectivity index (χ0v) is 14.7. The zero-order chi connectivity index (χ0) is 18.4. The molecule has 0 heterocycles. The van der Waals surface area contributed by atoms with Crippen LogP contribution in [0.15, 0.2) is 54.6 Å². The molecule has 2 aromatic rings. The fourth-order valence-corrected chi connectivity index (χ4v) is 2.82. The van der Waals surface area contributed by atoms with Crippen molar-refractivity contribution in [3.63, 3.8) is 0 Å². The number of benzene rings is 2. The standard InChI is InChI=1S/C20H23NO4/c1-14(16-11-7-8-12-17(16)25-3)21-18(22)13-20(2,19(23)24)15-9-5-4-6-10-15/h4-12,14H,13H2,1-3H3,(H,21,22)(H,23,24)/t14-,20+/m0/s1. The summed E-state index contributed by atoms with van der Waals surface area (Å²) in [5.74, 6) is -0.676. The SMILES string of the molecule is COc1ccccc1[C@H](C)NC(=O)C[C@@](C)(C(=O)O)c1ccccc1. The van der Waals surface area contributed by atoms with Gasteiger partial charge in [-0.05, 0) is 25.5 Å². The van der Waals surface area contributed by atoms with E-state index in [1.54, 1.807) is 38.3 Å². The van der Waals surface area contributed by atoms with Crippen LogP contribution in [0.5, 0.6) is 5.75 Å². The van der Waals surface area contributed by atoms with Crippen molar-refractivity contribution in [2.45, 2.75) is 31.7 Å². The summed E-state index contributed by atoms with van der Waals surface area (Å²) < 4.78 is 5.31. The van der Waals surface area contributed by atoms with E-state index in [2.05, 4.69) is 5.32 Å². The Kier molecular flexibility index (Phi) is 5.80. The molecule has 0 spiro atoms. The van der Waals surface area contributed by atoms with E-state index >= 15 is 0 Å². The fraction of sp³-hybridized carbons (Fsp3) is 0.300. The highest BCUT2D eigenvalue weighted by Crippen LogP contribution is 2.29. The first-order chi connectivity index (χ1) is 11.9. The number of hydrogen-bond acceptors (Lipinski definition) is 3. The van der Waals surface area contributed by atoms with Crippen molar-refractivity contribution >= 4 is 11.9 Å². The normalized spacial score (nSPS) is 14.2. The van der Waals surface area contributed by atoms with E-state index in [4.69, 9.17) is 4.74 Å². The number of carbonyl (C=O) groups excluding carboxylic acids is 1. The van der Waals surface area contributed by atoms with E-state index < -0.39 is 11.4 Å². The maximum atomic E-state index is 12.5. The predicted octanol–water partition coefficient (Wildman–Crippen LogP) is 3.31. The summed E-state index contributed by atoms with van der Waals surface area (Å²) in [7, 11) is 1.57. The maximum Gasteiger partial charge on any atom is 0.314 e. The maximum absolute atomic E-state index is 12.5. The molecule has 0 saturated carbocycles. The van der Waals surface area contributed by atoms with Gasteiger partial charge in [-0.15, -0.1) is 0 Å². The van der Waals surface area contributed by atoms with Crippen LogP contribution in [-0.4, -0.2) is 24.1 Å². The van der Waals surface area contributed by atoms with Gasteiger partial charge in [0, 0.05) is 12.0 Å². The number of amides is 1. The van der Waals surface area contributed by atoms with Gasteiger partial charge in [-0.25, -0.2) is 0 Å². The molecule has 2 aromatic carbocycles. The minimum Gasteiger partial charge on any atom is -0.496 e. The highest BCUT2D eigenvalue weighted by molar-refractivity contribution is 5.89. The quantitative estimate of drug-likeness (QED) is 0.810. The number of hydrogen-bond donors (Lipinski definition) is 2. The van der Waals surface area contributed by atoms with Crippen molar-refractivity contribution in [1.29, 1.82) is 0 Å². The average molecular weight is 341 g/mol. The summed E-state index contributed by atoms with van der Waals surface area (Å²) in [5, 5.41) is 12.5. The molecule has 0 aliphatic heterocycles. The Bertz CT molecular complexity index is 744. The largest absolute Gasteiger partial charge is 0.496 e. The Morgan fingerprint density at radius 3 is 2.32 bits per heavy atom. The van der Waals surface area contributed by atoms with E-state index in [0.717, 1.165) is 5.56 Å². The molecule has 5 heteroatoms. The highest BCUT2D eigenvalue weighted by Gasteiger charge is 2.37. The van der Waals surface area contributed by atoms with E-state index in [0.29, 0.717) is 11.3 Å². The molecule has 132 valence electrons. The van der Waals surface area contributed by atoms with Gasteiger partial charge in [0.1, 0.15) is 5.75 Å². The third-order valence-corrected chi connectivity index (χ3v) is 4.38. The van der Waals surface area contributed by atoms with Crippen LogP contribution in [0.4, 0.5) is 0 Å². The Labute approximate surface area is 147 Å². The lowest BCUT2D eigenvalue weighted by Gasteiger charge is -2.26. The molecule has 2 N–H and O–H groups in total. The molecule has 0 bridgehead atoms. The van der Waals surface area contributed by atoms with Crippen LogP contribution in [0.3, 0.4) is 0 Å². The molecule has 2 rings (SSSR count). The van der Waals surface area contributed by atoms with Crippen molar-refractivity contribution in [3.8, 4) is 5.75 Å². The lowest BCUT2D eigenvalue weighted by Crippen LogP contribution is -2.39. The molecule has 0 unspecified atom stereocenters. The molecule has 0 aromatic heterocycles. The Hall–Kier alpha value is -2.82. The number of carboxylic acid groups (broad SMARTS) is 1. The average Bonchev–Trinajstić information content (AvgIpc) is 2.61. The van der Waals surface area contributed by atoms with Gasteiger partial charge in [-0.2, -0.15) is 0 Å². The third-order valence-electron chi connectivity index (χ3n) is 4.38.